The van der Waals surface area contributed by atoms with E-state index >= 15 is 0 Å². The van der Waals surface area contributed by atoms with Crippen LogP contribution in [0, 0.1) is 17.2 Å². The van der Waals surface area contributed by atoms with Crippen molar-refractivity contribution in [3.63, 3.8) is 0 Å². The molecule has 7 nitrogen and oxygen atoms in total. The molecule has 1 aromatic carbocycles. The van der Waals surface area contributed by atoms with E-state index in [4.69, 9.17) is 9.72 Å². The highest BCUT2D eigenvalue weighted by Crippen LogP contribution is 2.39. The van der Waals surface area contributed by atoms with Gasteiger partial charge >= 0.3 is 5.97 Å². The molecule has 1 amide bonds. The predicted molar refractivity (Wildman–Crippen MR) is 140 cm³/mol. The van der Waals surface area contributed by atoms with Crippen LogP contribution in [0.2, 0.25) is 0 Å². The summed E-state index contributed by atoms with van der Waals surface area (Å²) < 4.78 is 5.55. The molecule has 2 aromatic heterocycles. The van der Waals surface area contributed by atoms with Gasteiger partial charge in [-0.25, -0.2) is 4.79 Å². The summed E-state index contributed by atoms with van der Waals surface area (Å²) in [6.45, 7) is 7.57. The van der Waals surface area contributed by atoms with Gasteiger partial charge in [0.25, 0.3) is 5.91 Å². The number of rotatable bonds is 5. The molecular weight excluding hydrogens is 472 g/mol. The summed E-state index contributed by atoms with van der Waals surface area (Å²) in [7, 11) is 0. The number of ether oxygens (including phenoxy) is 1. The van der Waals surface area contributed by atoms with Crippen LogP contribution in [-0.4, -0.2) is 41.0 Å². The Kier molecular flexibility index (Phi) is 6.78. The molecule has 0 spiro atoms. The molecule has 0 bridgehead atoms. The number of esters is 1. The quantitative estimate of drug-likeness (QED) is 0.501. The third kappa shape index (κ3) is 4.61. The molecule has 3 aromatic rings. The van der Waals surface area contributed by atoms with Crippen LogP contribution in [-0.2, 0) is 35.3 Å². The van der Waals surface area contributed by atoms with Gasteiger partial charge in [-0.05, 0) is 50.7 Å². The lowest BCUT2D eigenvalue weighted by molar-refractivity contribution is -0.119. The van der Waals surface area contributed by atoms with Gasteiger partial charge in [0.05, 0.1) is 16.6 Å². The average Bonchev–Trinajstić information content (AvgIpc) is 3.20. The number of aromatic nitrogens is 1. The summed E-state index contributed by atoms with van der Waals surface area (Å²) in [6, 6.07) is 10.2. The SMILES string of the molecule is CC1CCc2c(sc(NC(=O)COC(=O)c3c4c(nc5ccccc35)CCN(C(C)C)C4)c2C#N)C1. The van der Waals surface area contributed by atoms with Gasteiger partial charge in [0.15, 0.2) is 6.61 Å². The number of amides is 1. The third-order valence-corrected chi connectivity index (χ3v) is 8.39. The first-order valence-corrected chi connectivity index (χ1v) is 13.3. The highest BCUT2D eigenvalue weighted by atomic mass is 32.1. The molecule has 0 radical (unpaired) electrons. The van der Waals surface area contributed by atoms with Crippen LogP contribution in [0.1, 0.15) is 64.8 Å². The zero-order valence-corrected chi connectivity index (χ0v) is 21.7. The minimum Gasteiger partial charge on any atom is -0.452 e. The maximum absolute atomic E-state index is 13.4. The third-order valence-electron chi connectivity index (χ3n) is 7.22. The Hall–Kier alpha value is -3.28. The van der Waals surface area contributed by atoms with E-state index < -0.39 is 18.5 Å². The maximum Gasteiger partial charge on any atom is 0.339 e. The Morgan fingerprint density at radius 2 is 2.08 bits per heavy atom. The summed E-state index contributed by atoms with van der Waals surface area (Å²) >= 11 is 1.46. The zero-order chi connectivity index (χ0) is 25.4. The van der Waals surface area contributed by atoms with E-state index in [0.29, 0.717) is 34.6 Å². The highest BCUT2D eigenvalue weighted by Gasteiger charge is 2.28. The van der Waals surface area contributed by atoms with E-state index in [9.17, 15) is 14.9 Å². The molecule has 186 valence electrons. The van der Waals surface area contributed by atoms with Gasteiger partial charge in [-0.3, -0.25) is 14.7 Å². The average molecular weight is 503 g/mol. The topological polar surface area (TPSA) is 95.3 Å². The molecule has 3 heterocycles. The normalized spacial score (nSPS) is 17.4. The van der Waals surface area contributed by atoms with Crippen molar-refractivity contribution in [3.05, 3.63) is 57.1 Å². The summed E-state index contributed by atoms with van der Waals surface area (Å²) in [5.41, 5.74) is 4.64. The lowest BCUT2D eigenvalue weighted by Crippen LogP contribution is -2.37. The second kappa shape index (κ2) is 10.00. The summed E-state index contributed by atoms with van der Waals surface area (Å²) in [4.78, 5) is 34.5. The molecule has 5 rings (SSSR count). The molecule has 0 saturated carbocycles. The fourth-order valence-corrected chi connectivity index (χ4v) is 6.59. The first kappa shape index (κ1) is 24.4. The number of hydrogen-bond acceptors (Lipinski definition) is 7. The van der Waals surface area contributed by atoms with Crippen molar-refractivity contribution in [3.8, 4) is 6.07 Å². The van der Waals surface area contributed by atoms with E-state index in [1.165, 1.54) is 16.2 Å². The zero-order valence-electron chi connectivity index (χ0n) is 20.9. The van der Waals surface area contributed by atoms with E-state index in [2.05, 4.69) is 37.1 Å². The fraction of sp³-hybridized carbons (Fsp3) is 0.429. The number of para-hydroxylation sites is 1. The summed E-state index contributed by atoms with van der Waals surface area (Å²) in [5, 5.41) is 13.8. The smallest absolute Gasteiger partial charge is 0.339 e. The maximum atomic E-state index is 13.4. The number of nitrogens with zero attached hydrogens (tertiary/aromatic N) is 3. The molecule has 1 aliphatic heterocycles. The minimum atomic E-state index is -0.523. The minimum absolute atomic E-state index is 0.341. The van der Waals surface area contributed by atoms with Gasteiger partial charge in [-0.1, -0.05) is 25.1 Å². The van der Waals surface area contributed by atoms with E-state index in [1.54, 1.807) is 0 Å². The van der Waals surface area contributed by atoms with E-state index in [-0.39, 0.29) is 0 Å². The van der Waals surface area contributed by atoms with Crippen LogP contribution in [0.4, 0.5) is 5.00 Å². The van der Waals surface area contributed by atoms with Crippen molar-refractivity contribution in [2.75, 3.05) is 18.5 Å². The van der Waals surface area contributed by atoms with E-state index in [0.717, 1.165) is 60.0 Å². The van der Waals surface area contributed by atoms with Crippen molar-refractivity contribution < 1.29 is 14.3 Å². The van der Waals surface area contributed by atoms with Gasteiger partial charge in [0.1, 0.15) is 11.1 Å². The molecule has 0 saturated heterocycles. The molecule has 8 heteroatoms. The van der Waals surface area contributed by atoms with Crippen LogP contribution in [0.3, 0.4) is 0 Å². The lowest BCUT2D eigenvalue weighted by atomic mass is 9.89. The molecule has 0 fully saturated rings. The number of carbonyl (C=O) groups excluding carboxylic acids is 2. The van der Waals surface area contributed by atoms with Crippen molar-refractivity contribution in [1.82, 2.24) is 9.88 Å². The Morgan fingerprint density at radius 3 is 2.86 bits per heavy atom. The molecule has 2 aliphatic rings. The monoisotopic (exact) mass is 502 g/mol. The number of benzene rings is 1. The van der Waals surface area contributed by atoms with Gasteiger partial charge in [-0.15, -0.1) is 11.3 Å². The largest absolute Gasteiger partial charge is 0.452 e. The number of thiophene rings is 1. The number of nitrogens with one attached hydrogen (secondary N) is 1. The molecule has 1 aliphatic carbocycles. The Balaban J connectivity index is 1.36. The van der Waals surface area contributed by atoms with E-state index in [1.807, 2.05) is 24.3 Å². The number of carbonyl (C=O) groups is 2. The number of hydrogen-bond donors (Lipinski definition) is 1. The van der Waals surface area contributed by atoms with Gasteiger partial charge in [0.2, 0.25) is 0 Å². The van der Waals surface area contributed by atoms with Gasteiger partial charge in [-0.2, -0.15) is 5.26 Å². The van der Waals surface area contributed by atoms with Crippen LogP contribution < -0.4 is 5.32 Å². The predicted octanol–water partition coefficient (Wildman–Crippen LogP) is 4.85. The molecule has 1 N–H and O–H groups in total. The van der Waals surface area contributed by atoms with Crippen molar-refractivity contribution in [2.45, 2.75) is 59.0 Å². The fourth-order valence-electron chi connectivity index (χ4n) is 5.21. The molecule has 36 heavy (non-hydrogen) atoms. The second-order valence-corrected chi connectivity index (χ2v) is 11.1. The Labute approximate surface area is 215 Å². The first-order chi connectivity index (χ1) is 17.4. The number of fused-ring (bicyclic) bond motifs is 3. The van der Waals surface area contributed by atoms with Crippen molar-refractivity contribution >= 4 is 39.1 Å². The van der Waals surface area contributed by atoms with Crippen LogP contribution in [0.5, 0.6) is 0 Å². The highest BCUT2D eigenvalue weighted by molar-refractivity contribution is 7.16. The standard InChI is InChI=1S/C28H30N4O3S/c1-16(2)32-11-10-23-21(14-32)26(19-6-4-5-7-22(19)30-23)28(34)35-15-25(33)31-27-20(13-29)18-9-8-17(3)12-24(18)36-27/h4-7,16-17H,8-12,14-15H2,1-3H3,(H,31,33). The van der Waals surface area contributed by atoms with Gasteiger partial charge in [0, 0.05) is 47.1 Å². The summed E-state index contributed by atoms with van der Waals surface area (Å²) in [5.74, 6) is -0.395. The number of pyridine rings is 1. The summed E-state index contributed by atoms with van der Waals surface area (Å²) in [6.07, 6.45) is 3.58. The second-order valence-electron chi connectivity index (χ2n) is 10.0. The Bertz CT molecular complexity index is 1390. The molecule has 1 atom stereocenters. The molecular formula is C28H30N4O3S. The van der Waals surface area contributed by atoms with Crippen LogP contribution >= 0.6 is 11.3 Å². The lowest BCUT2D eigenvalue weighted by Gasteiger charge is -2.32. The van der Waals surface area contributed by atoms with Crippen molar-refractivity contribution in [2.24, 2.45) is 5.92 Å². The van der Waals surface area contributed by atoms with Crippen molar-refractivity contribution in [1.29, 1.82) is 5.26 Å². The molecule has 1 unspecified atom stereocenters. The van der Waals surface area contributed by atoms with Crippen LogP contribution in [0.15, 0.2) is 24.3 Å². The first-order valence-electron chi connectivity index (χ1n) is 12.5. The number of nitriles is 1. The Morgan fingerprint density at radius 1 is 1.28 bits per heavy atom. The number of anilines is 1. The van der Waals surface area contributed by atoms with Crippen LogP contribution in [0.25, 0.3) is 10.9 Å². The van der Waals surface area contributed by atoms with Gasteiger partial charge < -0.3 is 10.1 Å².